The molecule has 0 aliphatic carbocycles. The molecule has 1 N–H and O–H groups in total. The Balaban J connectivity index is 2.20. The van der Waals surface area contributed by atoms with E-state index in [0.29, 0.717) is 22.7 Å². The Morgan fingerprint density at radius 1 is 1.30 bits per heavy atom. The smallest absolute Gasteiger partial charge is 0.442 e. The predicted molar refractivity (Wildman–Crippen MR) is 119 cm³/mol. The predicted octanol–water partition coefficient (Wildman–Crippen LogP) is 4.00. The van der Waals surface area contributed by atoms with E-state index in [1.54, 1.807) is 54.6 Å². The highest BCUT2D eigenvalue weighted by atomic mass is 32.2. The number of hydrogen-bond donors (Lipinski definition) is 1. The number of aliphatic imine (C=N–C) groups is 1. The second kappa shape index (κ2) is 10.4. The summed E-state index contributed by atoms with van der Waals surface area (Å²) in [5.41, 5.74) is 2.70. The summed E-state index contributed by atoms with van der Waals surface area (Å²) >= 11 is 0. The topological polar surface area (TPSA) is 107 Å². The fourth-order valence-corrected chi connectivity index (χ4v) is 3.60. The van der Waals surface area contributed by atoms with E-state index >= 15 is 0 Å². The zero-order chi connectivity index (χ0) is 22.1. The van der Waals surface area contributed by atoms with Crippen molar-refractivity contribution < 1.29 is 13.7 Å². The summed E-state index contributed by atoms with van der Waals surface area (Å²) in [7, 11) is 0.798. The summed E-state index contributed by atoms with van der Waals surface area (Å²) in [5, 5.41) is 12.5. The van der Waals surface area contributed by atoms with E-state index in [4.69, 9.17) is 4.74 Å². The fourth-order valence-electron chi connectivity index (χ4n) is 2.46. The van der Waals surface area contributed by atoms with E-state index < -0.39 is 15.8 Å². The Bertz CT molecular complexity index is 1100. The lowest BCUT2D eigenvalue weighted by Gasteiger charge is -2.10. The largest absolute Gasteiger partial charge is 0.448 e. The zero-order valence-corrected chi connectivity index (χ0v) is 18.3. The number of rotatable bonds is 7. The van der Waals surface area contributed by atoms with Gasteiger partial charge < -0.3 is 15.0 Å². The second-order valence-electron chi connectivity index (χ2n) is 6.65. The van der Waals surface area contributed by atoms with Gasteiger partial charge >= 0.3 is 6.09 Å². The van der Waals surface area contributed by atoms with Gasteiger partial charge in [0.25, 0.3) is 0 Å². The van der Waals surface area contributed by atoms with Gasteiger partial charge in [0.1, 0.15) is 6.07 Å². The van der Waals surface area contributed by atoms with E-state index in [1.807, 2.05) is 20.2 Å². The normalized spacial score (nSPS) is 12.6. The maximum atomic E-state index is 12.8. The van der Waals surface area contributed by atoms with Crippen LogP contribution in [0.3, 0.4) is 0 Å². The summed E-state index contributed by atoms with van der Waals surface area (Å²) in [6.07, 6.45) is 2.21. The van der Waals surface area contributed by atoms with Crippen LogP contribution in [0.15, 0.2) is 56.7 Å². The molecule has 0 radical (unpaired) electrons. The number of carbonyl (C=O) groups excluding carboxylic acids is 1. The van der Waals surface area contributed by atoms with Gasteiger partial charge in [-0.25, -0.2) is 14.0 Å². The van der Waals surface area contributed by atoms with Gasteiger partial charge in [-0.1, -0.05) is 12.1 Å². The lowest BCUT2D eigenvalue weighted by atomic mass is 10.1. The number of nitrogens with zero attached hydrogens (tertiary/aromatic N) is 4. The minimum Gasteiger partial charge on any atom is -0.448 e. The Labute approximate surface area is 177 Å². The summed E-state index contributed by atoms with van der Waals surface area (Å²) in [5.74, 6) is 0. The molecular weight excluding hydrogens is 402 g/mol. The highest BCUT2D eigenvalue weighted by molar-refractivity contribution is 7.93. The first-order chi connectivity index (χ1) is 14.2. The number of nitriles is 1. The molecule has 0 saturated carbocycles. The first-order valence-electron chi connectivity index (χ1n) is 9.21. The quantitative estimate of drug-likeness (QED) is 0.528. The van der Waals surface area contributed by atoms with Crippen molar-refractivity contribution in [2.75, 3.05) is 32.3 Å². The molecule has 1 atom stereocenters. The lowest BCUT2D eigenvalue weighted by Crippen LogP contribution is -2.07. The van der Waals surface area contributed by atoms with Crippen LogP contribution >= 0.6 is 0 Å². The van der Waals surface area contributed by atoms with E-state index in [9.17, 15) is 14.3 Å². The number of benzene rings is 2. The lowest BCUT2D eigenvalue weighted by molar-refractivity contribution is 0.164. The van der Waals surface area contributed by atoms with Crippen LogP contribution in [0.5, 0.6) is 0 Å². The molecule has 0 aliphatic rings. The molecule has 8 nitrogen and oxygen atoms in total. The van der Waals surface area contributed by atoms with Crippen LogP contribution in [0.2, 0.25) is 0 Å². The van der Waals surface area contributed by atoms with Crippen LogP contribution in [0.4, 0.5) is 16.2 Å². The molecule has 0 fully saturated rings. The van der Waals surface area contributed by atoms with Gasteiger partial charge in [-0.15, -0.1) is 4.36 Å². The second-order valence-corrected chi connectivity index (χ2v) is 8.90. The van der Waals surface area contributed by atoms with Crippen molar-refractivity contribution in [2.24, 2.45) is 9.36 Å². The highest BCUT2D eigenvalue weighted by Gasteiger charge is 2.11. The van der Waals surface area contributed by atoms with Gasteiger partial charge in [0, 0.05) is 37.5 Å². The van der Waals surface area contributed by atoms with Crippen LogP contribution in [-0.2, 0) is 21.0 Å². The van der Waals surface area contributed by atoms with Crippen molar-refractivity contribution in [1.82, 2.24) is 4.90 Å². The van der Waals surface area contributed by atoms with Crippen molar-refractivity contribution >= 4 is 33.5 Å². The molecule has 1 unspecified atom stereocenters. The third-order valence-electron chi connectivity index (χ3n) is 3.89. The number of nitrogens with one attached hydrogen (secondary N) is 1. The van der Waals surface area contributed by atoms with E-state index in [2.05, 4.69) is 20.7 Å². The van der Waals surface area contributed by atoms with Crippen molar-refractivity contribution in [3.63, 3.8) is 0 Å². The van der Waals surface area contributed by atoms with Crippen LogP contribution < -0.4 is 5.32 Å². The molecule has 9 heteroatoms. The average Bonchev–Trinajstić information content (AvgIpc) is 2.70. The molecule has 0 bridgehead atoms. The molecule has 0 saturated heterocycles. The van der Waals surface area contributed by atoms with Crippen LogP contribution in [0, 0.1) is 11.3 Å². The van der Waals surface area contributed by atoms with Gasteiger partial charge in [0.2, 0.25) is 0 Å². The molecule has 0 spiro atoms. The van der Waals surface area contributed by atoms with Crippen LogP contribution in [0.25, 0.3) is 0 Å². The van der Waals surface area contributed by atoms with Gasteiger partial charge in [0.15, 0.2) is 0 Å². The zero-order valence-electron chi connectivity index (χ0n) is 17.5. The molecule has 2 rings (SSSR count). The Kier molecular flexibility index (Phi) is 7.95. The van der Waals surface area contributed by atoms with Crippen molar-refractivity contribution in [3.05, 3.63) is 53.6 Å². The first-order valence-corrected chi connectivity index (χ1v) is 11.1. The van der Waals surface area contributed by atoms with E-state index in [-0.39, 0.29) is 6.61 Å². The van der Waals surface area contributed by atoms with E-state index in [1.165, 1.54) is 6.26 Å². The monoisotopic (exact) mass is 427 g/mol. The maximum Gasteiger partial charge on any atom is 0.442 e. The summed E-state index contributed by atoms with van der Waals surface area (Å²) in [4.78, 5) is 18.2. The Morgan fingerprint density at radius 2 is 2.07 bits per heavy atom. The molecule has 0 aromatic heterocycles. The van der Waals surface area contributed by atoms with Crippen molar-refractivity contribution in [1.29, 1.82) is 5.26 Å². The maximum absolute atomic E-state index is 12.8. The third-order valence-corrected chi connectivity index (χ3v) is 5.52. The number of ether oxygens (including phenoxy) is 1. The van der Waals surface area contributed by atoms with Gasteiger partial charge in [-0.2, -0.15) is 5.26 Å². The Morgan fingerprint density at radius 3 is 2.73 bits per heavy atom. The first kappa shape index (κ1) is 22.9. The molecule has 0 heterocycles. The SMILES string of the molecule is CCOC(=O)N=S(C)(=O)c1cccc(CNc2ccc(C#N)c(N=CN(C)C)c2)c1. The molecule has 0 aliphatic heterocycles. The number of hydrogen-bond acceptors (Lipinski definition) is 6. The van der Waals surface area contributed by atoms with Crippen molar-refractivity contribution in [3.8, 4) is 6.07 Å². The summed E-state index contributed by atoms with van der Waals surface area (Å²) in [6, 6.07) is 14.5. The van der Waals surface area contributed by atoms with E-state index in [0.717, 1.165) is 11.3 Å². The van der Waals surface area contributed by atoms with Gasteiger partial charge in [-0.3, -0.25) is 0 Å². The van der Waals surface area contributed by atoms with Gasteiger partial charge in [0.05, 0.1) is 33.9 Å². The average molecular weight is 428 g/mol. The van der Waals surface area contributed by atoms with Gasteiger partial charge in [-0.05, 0) is 42.8 Å². The molecule has 2 aromatic rings. The third kappa shape index (κ3) is 6.60. The number of anilines is 1. The number of amides is 1. The molecule has 158 valence electrons. The van der Waals surface area contributed by atoms with Crippen LogP contribution in [0.1, 0.15) is 18.1 Å². The Hall–Kier alpha value is -3.38. The van der Waals surface area contributed by atoms with Crippen molar-refractivity contribution in [2.45, 2.75) is 18.4 Å². The highest BCUT2D eigenvalue weighted by Crippen LogP contribution is 2.24. The molecular formula is C21H25N5O3S. The number of carbonyl (C=O) groups is 1. The molecule has 1 amide bonds. The summed E-state index contributed by atoms with van der Waals surface area (Å²) < 4.78 is 21.3. The molecule has 30 heavy (non-hydrogen) atoms. The fraction of sp³-hybridized carbons (Fsp3) is 0.286. The minimum atomic E-state index is -2.91. The minimum absolute atomic E-state index is 0.174. The standard InChI is InChI=1S/C21H25N5O3S/c1-5-29-21(27)25-30(4,28)19-8-6-7-16(11-19)14-23-18-10-9-17(13-22)20(12-18)24-15-26(2)3/h6-12,15,23H,5,14H2,1-4H3. The summed E-state index contributed by atoms with van der Waals surface area (Å²) in [6.45, 7) is 2.29. The molecule has 2 aromatic carbocycles. The van der Waals surface area contributed by atoms with Crippen LogP contribution in [-0.4, -0.2) is 48.5 Å².